The minimum atomic E-state index is 0.0620. The van der Waals surface area contributed by atoms with Crippen molar-refractivity contribution < 1.29 is 9.53 Å². The van der Waals surface area contributed by atoms with Gasteiger partial charge in [0.05, 0.1) is 9.90 Å². The number of nitrogens with zero attached hydrogens (tertiary/aromatic N) is 1. The van der Waals surface area contributed by atoms with Crippen molar-refractivity contribution in [1.82, 2.24) is 4.98 Å². The first-order chi connectivity index (χ1) is 9.19. The fraction of sp³-hybridized carbons (Fsp3) is 0.692. The molecule has 0 saturated carbocycles. The van der Waals surface area contributed by atoms with Crippen LogP contribution in [0.4, 0.5) is 5.13 Å². The number of hydrogen-bond acceptors (Lipinski definition) is 5. The van der Waals surface area contributed by atoms with Gasteiger partial charge in [-0.3, -0.25) is 4.79 Å². The van der Waals surface area contributed by atoms with Gasteiger partial charge in [-0.05, 0) is 38.4 Å². The second-order valence-electron chi connectivity index (χ2n) is 4.77. The van der Waals surface area contributed by atoms with Crippen molar-refractivity contribution in [3.8, 4) is 0 Å². The van der Waals surface area contributed by atoms with Gasteiger partial charge in [-0.25, -0.2) is 4.98 Å². The molecule has 106 valence electrons. The summed E-state index contributed by atoms with van der Waals surface area (Å²) in [6, 6.07) is 0. The molecule has 6 heteroatoms. The smallest absolute Gasteiger partial charge is 0.226 e. The number of carbonyl (C=O) groups is 1. The monoisotopic (exact) mass is 300 g/mol. The van der Waals surface area contributed by atoms with Crippen LogP contribution in [0.1, 0.15) is 31.4 Å². The fourth-order valence-electron chi connectivity index (χ4n) is 2.18. The predicted molar refractivity (Wildman–Crippen MR) is 80.0 cm³/mol. The van der Waals surface area contributed by atoms with Gasteiger partial charge in [0.1, 0.15) is 0 Å². The number of thioether (sulfide) groups is 1. The number of ether oxygens (including phenoxy) is 1. The van der Waals surface area contributed by atoms with Gasteiger partial charge in [-0.2, -0.15) is 0 Å². The Morgan fingerprint density at radius 1 is 1.63 bits per heavy atom. The van der Waals surface area contributed by atoms with Gasteiger partial charge in [0.25, 0.3) is 0 Å². The normalized spacial score (nSPS) is 19.4. The number of amides is 1. The van der Waals surface area contributed by atoms with Gasteiger partial charge in [-0.1, -0.05) is 11.3 Å². The highest BCUT2D eigenvalue weighted by Crippen LogP contribution is 2.30. The molecule has 0 aliphatic carbocycles. The molecule has 1 N–H and O–H groups in total. The average molecular weight is 300 g/mol. The molecular formula is C13H20N2O2S2. The lowest BCUT2D eigenvalue weighted by Gasteiger charge is -2.21. The van der Waals surface area contributed by atoms with Gasteiger partial charge in [0.2, 0.25) is 5.91 Å². The molecule has 4 nitrogen and oxygen atoms in total. The quantitative estimate of drug-likeness (QED) is 0.848. The van der Waals surface area contributed by atoms with E-state index in [0.29, 0.717) is 17.5 Å². The number of carbonyl (C=O) groups excluding carboxylic acids is 1. The topological polar surface area (TPSA) is 51.2 Å². The van der Waals surface area contributed by atoms with E-state index in [2.05, 4.69) is 10.3 Å². The summed E-state index contributed by atoms with van der Waals surface area (Å²) >= 11 is 3.21. The molecule has 0 radical (unpaired) electrons. The van der Waals surface area contributed by atoms with Crippen LogP contribution in [-0.2, 0) is 9.53 Å². The maximum atomic E-state index is 11.9. The highest BCUT2D eigenvalue weighted by atomic mass is 32.2. The molecule has 0 unspecified atom stereocenters. The van der Waals surface area contributed by atoms with Crippen LogP contribution >= 0.6 is 23.1 Å². The molecule has 2 heterocycles. The maximum Gasteiger partial charge on any atom is 0.226 e. The Labute approximate surface area is 122 Å². The van der Waals surface area contributed by atoms with E-state index in [-0.39, 0.29) is 5.91 Å². The van der Waals surface area contributed by atoms with Crippen molar-refractivity contribution in [3.05, 3.63) is 5.69 Å². The highest BCUT2D eigenvalue weighted by Gasteiger charge is 2.16. The van der Waals surface area contributed by atoms with E-state index in [0.717, 1.165) is 36.0 Å². The van der Waals surface area contributed by atoms with Crippen LogP contribution in [0, 0.1) is 12.8 Å². The molecule has 1 atom stereocenters. The lowest BCUT2D eigenvalue weighted by atomic mass is 9.97. The van der Waals surface area contributed by atoms with Crippen LogP contribution in [0.2, 0.25) is 0 Å². The maximum absolute atomic E-state index is 11.9. The first kappa shape index (κ1) is 14.8. The van der Waals surface area contributed by atoms with Crippen LogP contribution in [-0.4, -0.2) is 30.4 Å². The van der Waals surface area contributed by atoms with E-state index in [1.165, 1.54) is 6.42 Å². The van der Waals surface area contributed by atoms with Crippen LogP contribution in [0.5, 0.6) is 0 Å². The zero-order chi connectivity index (χ0) is 13.7. The zero-order valence-electron chi connectivity index (χ0n) is 11.4. The Balaban J connectivity index is 1.76. The molecule has 0 bridgehead atoms. The van der Waals surface area contributed by atoms with Crippen molar-refractivity contribution in [2.75, 3.05) is 24.8 Å². The number of aromatic nitrogens is 1. The van der Waals surface area contributed by atoms with Crippen LogP contribution < -0.4 is 5.32 Å². The van der Waals surface area contributed by atoms with Gasteiger partial charge in [0, 0.05) is 19.6 Å². The minimum Gasteiger partial charge on any atom is -0.381 e. The molecule has 1 aliphatic rings. The second kappa shape index (κ2) is 7.26. The summed E-state index contributed by atoms with van der Waals surface area (Å²) in [6.45, 7) is 3.65. The van der Waals surface area contributed by atoms with Crippen molar-refractivity contribution in [2.45, 2.75) is 36.8 Å². The van der Waals surface area contributed by atoms with E-state index in [9.17, 15) is 4.79 Å². The minimum absolute atomic E-state index is 0.0620. The summed E-state index contributed by atoms with van der Waals surface area (Å²) in [7, 11) is 0. The van der Waals surface area contributed by atoms with Gasteiger partial charge >= 0.3 is 0 Å². The molecule has 0 spiro atoms. The fourth-order valence-corrected chi connectivity index (χ4v) is 3.80. The molecular weight excluding hydrogens is 280 g/mol. The largest absolute Gasteiger partial charge is 0.381 e. The molecule has 19 heavy (non-hydrogen) atoms. The summed E-state index contributed by atoms with van der Waals surface area (Å²) in [5, 5.41) is 3.61. The molecule has 1 aromatic heterocycles. The molecule has 2 rings (SSSR count). The van der Waals surface area contributed by atoms with Gasteiger partial charge in [-0.15, -0.1) is 11.8 Å². The van der Waals surface area contributed by atoms with Crippen LogP contribution in [0.15, 0.2) is 4.21 Å². The lowest BCUT2D eigenvalue weighted by Crippen LogP contribution is -2.20. The highest BCUT2D eigenvalue weighted by molar-refractivity contribution is 8.00. The molecule has 1 aromatic rings. The summed E-state index contributed by atoms with van der Waals surface area (Å²) in [5.41, 5.74) is 0.994. The SMILES string of the molecule is CSc1sc(NC(=O)CC[C@H]2CCCOC2)nc1C. The number of aryl methyl sites for hydroxylation is 1. The van der Waals surface area contributed by atoms with Crippen molar-refractivity contribution in [3.63, 3.8) is 0 Å². The predicted octanol–water partition coefficient (Wildman–Crippen LogP) is 3.32. The Bertz CT molecular complexity index is 428. The molecule has 1 aliphatic heterocycles. The zero-order valence-corrected chi connectivity index (χ0v) is 13.0. The summed E-state index contributed by atoms with van der Waals surface area (Å²) in [4.78, 5) is 16.2. The van der Waals surface area contributed by atoms with Crippen molar-refractivity contribution in [1.29, 1.82) is 0 Å². The van der Waals surface area contributed by atoms with E-state index in [4.69, 9.17) is 4.74 Å². The summed E-state index contributed by atoms with van der Waals surface area (Å²) in [6.07, 6.45) is 5.79. The first-order valence-corrected chi connectivity index (χ1v) is 8.62. The Hall–Kier alpha value is -0.590. The third-order valence-corrected chi connectivity index (χ3v) is 5.50. The Morgan fingerprint density at radius 3 is 3.11 bits per heavy atom. The third-order valence-electron chi connectivity index (χ3n) is 3.22. The number of thiazole rings is 1. The molecule has 0 aromatic carbocycles. The first-order valence-electron chi connectivity index (χ1n) is 6.58. The molecule has 1 amide bonds. The number of anilines is 1. The van der Waals surface area contributed by atoms with E-state index in [1.54, 1.807) is 23.1 Å². The van der Waals surface area contributed by atoms with E-state index < -0.39 is 0 Å². The Kier molecular flexibility index (Phi) is 5.66. The van der Waals surface area contributed by atoms with Crippen molar-refractivity contribution >= 4 is 34.1 Å². The number of nitrogens with one attached hydrogen (secondary N) is 1. The number of rotatable bonds is 5. The lowest BCUT2D eigenvalue weighted by molar-refractivity contribution is -0.116. The molecule has 1 saturated heterocycles. The second-order valence-corrected chi connectivity index (χ2v) is 6.84. The van der Waals surface area contributed by atoms with Gasteiger partial charge < -0.3 is 10.1 Å². The van der Waals surface area contributed by atoms with E-state index >= 15 is 0 Å². The Morgan fingerprint density at radius 2 is 2.47 bits per heavy atom. The van der Waals surface area contributed by atoms with Gasteiger partial charge in [0.15, 0.2) is 5.13 Å². The average Bonchev–Trinajstić information content (AvgIpc) is 2.77. The standard InChI is InChI=1S/C13H20N2O2S2/c1-9-12(18-2)19-13(14-9)15-11(16)6-5-10-4-3-7-17-8-10/h10H,3-8H2,1-2H3,(H,14,15,16)/t10-/m1/s1. The number of hydrogen-bond donors (Lipinski definition) is 1. The third kappa shape index (κ3) is 4.47. The van der Waals surface area contributed by atoms with Crippen LogP contribution in [0.25, 0.3) is 0 Å². The molecule has 1 fully saturated rings. The van der Waals surface area contributed by atoms with E-state index in [1.807, 2.05) is 13.2 Å². The van der Waals surface area contributed by atoms with Crippen LogP contribution in [0.3, 0.4) is 0 Å². The summed E-state index contributed by atoms with van der Waals surface area (Å²) < 4.78 is 6.58. The van der Waals surface area contributed by atoms with Crippen molar-refractivity contribution in [2.24, 2.45) is 5.92 Å². The summed E-state index contributed by atoms with van der Waals surface area (Å²) in [5.74, 6) is 0.603.